The highest BCUT2D eigenvalue weighted by molar-refractivity contribution is 6.31. The Morgan fingerprint density at radius 3 is 2.50 bits per heavy atom. The van der Waals surface area contributed by atoms with Crippen LogP contribution in [-0.4, -0.2) is 0 Å². The average Bonchev–Trinajstić information content (AvgIpc) is 2.19. The Morgan fingerprint density at radius 1 is 1.29 bits per heavy atom. The number of rotatable bonds is 4. The minimum atomic E-state index is 0.679. The molecule has 1 atom stereocenters. The fraction of sp³-hybridized carbons (Fsp3) is 0.538. The summed E-state index contributed by atoms with van der Waals surface area (Å²) >= 11 is 6.12. The van der Waals surface area contributed by atoms with E-state index in [0.717, 1.165) is 5.02 Å². The van der Waals surface area contributed by atoms with Gasteiger partial charge >= 0.3 is 0 Å². The smallest absolute Gasteiger partial charge is 0.0438 e. The van der Waals surface area contributed by atoms with E-state index in [1.54, 1.807) is 0 Å². The van der Waals surface area contributed by atoms with Gasteiger partial charge in [-0.2, -0.15) is 0 Å². The minimum absolute atomic E-state index is 0.679. The number of halogens is 1. The maximum absolute atomic E-state index is 6.12. The lowest BCUT2D eigenvalue weighted by Gasteiger charge is -2.15. The van der Waals surface area contributed by atoms with Gasteiger partial charge in [-0.1, -0.05) is 44.0 Å². The molecule has 0 aromatic heterocycles. The molecule has 1 heteroatoms. The van der Waals surface area contributed by atoms with E-state index in [0.29, 0.717) is 5.92 Å². The third kappa shape index (κ3) is 2.75. The van der Waals surface area contributed by atoms with Crippen LogP contribution in [0.4, 0.5) is 0 Å². The molecular formula is C13H19Cl. The first-order valence-electron chi connectivity index (χ1n) is 5.45. The van der Waals surface area contributed by atoms with Crippen molar-refractivity contribution in [3.8, 4) is 0 Å². The zero-order valence-corrected chi connectivity index (χ0v) is 10.1. The van der Waals surface area contributed by atoms with E-state index in [9.17, 15) is 0 Å². The van der Waals surface area contributed by atoms with Crippen LogP contribution in [0.5, 0.6) is 0 Å². The van der Waals surface area contributed by atoms with Gasteiger partial charge in [0.15, 0.2) is 0 Å². The van der Waals surface area contributed by atoms with Crippen LogP contribution in [-0.2, 0) is 0 Å². The zero-order valence-electron chi connectivity index (χ0n) is 9.31. The molecular weight excluding hydrogens is 192 g/mol. The SMILES string of the molecule is CCC[C@H](CC)c1ccc(C)c(Cl)c1. The summed E-state index contributed by atoms with van der Waals surface area (Å²) in [5, 5.41) is 0.900. The molecule has 1 aromatic carbocycles. The summed E-state index contributed by atoms with van der Waals surface area (Å²) in [6.45, 7) is 6.53. The van der Waals surface area contributed by atoms with Crippen molar-refractivity contribution in [3.05, 3.63) is 34.3 Å². The van der Waals surface area contributed by atoms with Gasteiger partial charge in [0, 0.05) is 5.02 Å². The number of hydrogen-bond donors (Lipinski definition) is 0. The summed E-state index contributed by atoms with van der Waals surface area (Å²) in [6, 6.07) is 6.46. The molecule has 14 heavy (non-hydrogen) atoms. The van der Waals surface area contributed by atoms with E-state index in [-0.39, 0.29) is 0 Å². The molecule has 0 bridgehead atoms. The lowest BCUT2D eigenvalue weighted by Crippen LogP contribution is -1.97. The molecule has 0 saturated heterocycles. The van der Waals surface area contributed by atoms with Crippen molar-refractivity contribution in [3.63, 3.8) is 0 Å². The summed E-state index contributed by atoms with van der Waals surface area (Å²) < 4.78 is 0. The Labute approximate surface area is 92.3 Å². The molecule has 78 valence electrons. The second-order valence-corrected chi connectivity index (χ2v) is 4.31. The van der Waals surface area contributed by atoms with Crippen molar-refractivity contribution in [1.29, 1.82) is 0 Å². The van der Waals surface area contributed by atoms with E-state index in [4.69, 9.17) is 11.6 Å². The highest BCUT2D eigenvalue weighted by Gasteiger charge is 2.08. The second-order valence-electron chi connectivity index (χ2n) is 3.90. The zero-order chi connectivity index (χ0) is 10.6. The largest absolute Gasteiger partial charge is 0.0840 e. The molecule has 0 spiro atoms. The van der Waals surface area contributed by atoms with Crippen LogP contribution in [0.3, 0.4) is 0 Å². The third-order valence-electron chi connectivity index (χ3n) is 2.80. The Balaban J connectivity index is 2.88. The lowest BCUT2D eigenvalue weighted by molar-refractivity contribution is 0.596. The lowest BCUT2D eigenvalue weighted by atomic mass is 9.92. The number of aryl methyl sites for hydroxylation is 1. The highest BCUT2D eigenvalue weighted by atomic mass is 35.5. The summed E-state index contributed by atoms with van der Waals surface area (Å²) in [5.41, 5.74) is 2.56. The van der Waals surface area contributed by atoms with Gasteiger partial charge in [-0.25, -0.2) is 0 Å². The van der Waals surface area contributed by atoms with Crippen molar-refractivity contribution >= 4 is 11.6 Å². The van der Waals surface area contributed by atoms with Crippen LogP contribution in [0, 0.1) is 6.92 Å². The topological polar surface area (TPSA) is 0 Å². The van der Waals surface area contributed by atoms with E-state index < -0.39 is 0 Å². The molecule has 0 amide bonds. The van der Waals surface area contributed by atoms with E-state index >= 15 is 0 Å². The molecule has 0 aliphatic carbocycles. The predicted octanol–water partition coefficient (Wildman–Crippen LogP) is 4.94. The molecule has 0 N–H and O–H groups in total. The molecule has 0 aliphatic heterocycles. The highest BCUT2D eigenvalue weighted by Crippen LogP contribution is 2.28. The summed E-state index contributed by atoms with van der Waals surface area (Å²) in [4.78, 5) is 0. The van der Waals surface area contributed by atoms with Crippen molar-refractivity contribution in [2.75, 3.05) is 0 Å². The number of hydrogen-bond acceptors (Lipinski definition) is 0. The predicted molar refractivity (Wildman–Crippen MR) is 64.1 cm³/mol. The molecule has 0 fully saturated rings. The van der Waals surface area contributed by atoms with Gasteiger partial charge in [0.2, 0.25) is 0 Å². The van der Waals surface area contributed by atoms with Gasteiger partial charge in [0.25, 0.3) is 0 Å². The van der Waals surface area contributed by atoms with E-state index in [1.807, 2.05) is 6.92 Å². The first-order chi connectivity index (χ1) is 6.69. The van der Waals surface area contributed by atoms with Crippen LogP contribution < -0.4 is 0 Å². The normalized spacial score (nSPS) is 12.9. The van der Waals surface area contributed by atoms with Crippen molar-refractivity contribution < 1.29 is 0 Å². The Bertz CT molecular complexity index is 291. The quantitative estimate of drug-likeness (QED) is 0.660. The third-order valence-corrected chi connectivity index (χ3v) is 3.20. The standard InChI is InChI=1S/C13H19Cl/c1-4-6-11(5-2)12-8-7-10(3)13(14)9-12/h7-9,11H,4-6H2,1-3H3/t11-/m0/s1. The van der Waals surface area contributed by atoms with Crippen LogP contribution in [0.15, 0.2) is 18.2 Å². The molecule has 1 rings (SSSR count). The van der Waals surface area contributed by atoms with Gasteiger partial charge in [0.05, 0.1) is 0 Å². The van der Waals surface area contributed by atoms with Crippen LogP contribution >= 0.6 is 11.6 Å². The van der Waals surface area contributed by atoms with Crippen LogP contribution in [0.2, 0.25) is 5.02 Å². The first-order valence-corrected chi connectivity index (χ1v) is 5.82. The Kier molecular flexibility index (Phi) is 4.47. The Hall–Kier alpha value is -0.490. The molecule has 1 aromatic rings. The molecule has 0 heterocycles. The summed E-state index contributed by atoms with van der Waals surface area (Å²) in [5.74, 6) is 0.679. The van der Waals surface area contributed by atoms with Crippen molar-refractivity contribution in [2.45, 2.75) is 46.0 Å². The van der Waals surface area contributed by atoms with Gasteiger partial charge in [-0.15, -0.1) is 0 Å². The number of benzene rings is 1. The van der Waals surface area contributed by atoms with E-state index in [2.05, 4.69) is 32.0 Å². The van der Waals surface area contributed by atoms with Crippen LogP contribution in [0.25, 0.3) is 0 Å². The maximum atomic E-state index is 6.12. The average molecular weight is 211 g/mol. The minimum Gasteiger partial charge on any atom is -0.0840 e. The fourth-order valence-corrected chi connectivity index (χ4v) is 2.01. The second kappa shape index (κ2) is 5.41. The van der Waals surface area contributed by atoms with Gasteiger partial charge in [-0.3, -0.25) is 0 Å². The summed E-state index contributed by atoms with van der Waals surface area (Å²) in [6.07, 6.45) is 3.70. The van der Waals surface area contributed by atoms with Crippen LogP contribution in [0.1, 0.15) is 50.2 Å². The van der Waals surface area contributed by atoms with Gasteiger partial charge in [0.1, 0.15) is 0 Å². The van der Waals surface area contributed by atoms with Gasteiger partial charge < -0.3 is 0 Å². The molecule has 0 radical (unpaired) electrons. The molecule has 0 saturated carbocycles. The molecule has 0 unspecified atom stereocenters. The molecule has 0 nitrogen and oxygen atoms in total. The van der Waals surface area contributed by atoms with E-state index in [1.165, 1.54) is 30.4 Å². The maximum Gasteiger partial charge on any atom is 0.0438 e. The van der Waals surface area contributed by atoms with Gasteiger partial charge in [-0.05, 0) is 42.9 Å². The van der Waals surface area contributed by atoms with Crippen molar-refractivity contribution in [1.82, 2.24) is 0 Å². The van der Waals surface area contributed by atoms with Crippen molar-refractivity contribution in [2.24, 2.45) is 0 Å². The molecule has 0 aliphatic rings. The summed E-state index contributed by atoms with van der Waals surface area (Å²) in [7, 11) is 0. The first kappa shape index (κ1) is 11.6. The Morgan fingerprint density at radius 2 is 2.00 bits per heavy atom. The monoisotopic (exact) mass is 210 g/mol. The fourth-order valence-electron chi connectivity index (χ4n) is 1.82.